The summed E-state index contributed by atoms with van der Waals surface area (Å²) in [5.74, 6) is 1.41. The first-order valence-corrected chi connectivity index (χ1v) is 15.1. The van der Waals surface area contributed by atoms with E-state index < -0.39 is 10.0 Å². The molecule has 0 amide bonds. The zero-order chi connectivity index (χ0) is 27.1. The van der Waals surface area contributed by atoms with Gasteiger partial charge in [-0.3, -0.25) is 0 Å². The van der Waals surface area contributed by atoms with Gasteiger partial charge in [0.1, 0.15) is 5.69 Å². The van der Waals surface area contributed by atoms with Crippen molar-refractivity contribution >= 4 is 32.4 Å². The van der Waals surface area contributed by atoms with Crippen LogP contribution in [-0.4, -0.2) is 35.8 Å². The number of fused-ring (bicyclic) bond motifs is 1. The van der Waals surface area contributed by atoms with Gasteiger partial charge < -0.3 is 4.74 Å². The average Bonchev–Trinajstić information content (AvgIpc) is 3.49. The highest BCUT2D eigenvalue weighted by atomic mass is 32.2. The molecule has 1 aliphatic rings. The molecule has 1 saturated carbocycles. The Labute approximate surface area is 222 Å². The summed E-state index contributed by atoms with van der Waals surface area (Å²) in [4.78, 5) is 10.4. The predicted octanol–water partition coefficient (Wildman–Crippen LogP) is 7.31. The Morgan fingerprint density at radius 3 is 1.92 bits per heavy atom. The average molecular weight is 534 g/mol. The van der Waals surface area contributed by atoms with E-state index in [9.17, 15) is 8.42 Å². The minimum absolute atomic E-state index is 0.0330. The van der Waals surface area contributed by atoms with E-state index in [0.29, 0.717) is 11.3 Å². The molecule has 1 N–H and O–H groups in total. The molecule has 0 aliphatic heterocycles. The van der Waals surface area contributed by atoms with E-state index in [1.807, 2.05) is 69.5 Å². The van der Waals surface area contributed by atoms with Crippen LogP contribution in [-0.2, 0) is 10.0 Å². The number of benzene rings is 1. The van der Waals surface area contributed by atoms with Gasteiger partial charge in [-0.1, -0.05) is 52.8 Å². The van der Waals surface area contributed by atoms with Crippen molar-refractivity contribution in [1.82, 2.24) is 14.7 Å². The summed E-state index contributed by atoms with van der Waals surface area (Å²) in [6.07, 6.45) is 1.75. The van der Waals surface area contributed by atoms with Crippen LogP contribution >= 0.6 is 11.3 Å². The SMILES string of the molecule is CC(C)C(C)(C)C.CC(C)NS(=O)(=O)C1CC1.CC(C)Oc1nc2ccccc2nc1-c1cccs1. The molecular weight excluding hydrogens is 490 g/mol. The Hall–Kier alpha value is -2.03. The quantitative estimate of drug-likeness (QED) is 0.359. The molecule has 2 heterocycles. The summed E-state index contributed by atoms with van der Waals surface area (Å²) in [6.45, 7) is 18.9. The molecule has 0 atom stereocenters. The summed E-state index contributed by atoms with van der Waals surface area (Å²) < 4.78 is 30.5. The highest BCUT2D eigenvalue weighted by Gasteiger charge is 2.35. The number of ether oxygens (including phenoxy) is 1. The monoisotopic (exact) mass is 533 g/mol. The van der Waals surface area contributed by atoms with Crippen molar-refractivity contribution in [2.45, 2.75) is 92.6 Å². The smallest absolute Gasteiger partial charge is 0.242 e. The van der Waals surface area contributed by atoms with Gasteiger partial charge in [0.05, 0.1) is 27.3 Å². The van der Waals surface area contributed by atoms with E-state index in [1.165, 1.54) is 0 Å². The van der Waals surface area contributed by atoms with Gasteiger partial charge in [0.25, 0.3) is 0 Å². The van der Waals surface area contributed by atoms with Crippen molar-refractivity contribution in [3.63, 3.8) is 0 Å². The normalized spacial score (nSPS) is 13.9. The van der Waals surface area contributed by atoms with Crippen molar-refractivity contribution in [2.24, 2.45) is 11.3 Å². The predicted molar refractivity (Wildman–Crippen MR) is 153 cm³/mol. The molecular formula is C28H43N3O3S2. The van der Waals surface area contributed by atoms with Gasteiger partial charge in [-0.05, 0) is 75.4 Å². The number of para-hydroxylation sites is 2. The molecule has 4 rings (SSSR count). The number of rotatable bonds is 6. The van der Waals surface area contributed by atoms with Gasteiger partial charge in [0.15, 0.2) is 0 Å². The number of thiophene rings is 1. The van der Waals surface area contributed by atoms with Crippen molar-refractivity contribution in [3.8, 4) is 16.5 Å². The molecule has 3 aromatic rings. The molecule has 36 heavy (non-hydrogen) atoms. The number of hydrogen-bond acceptors (Lipinski definition) is 6. The maximum absolute atomic E-state index is 11.1. The standard InChI is InChI=1S/C15H14N2OS.C7H16.C6H13NO2S/c1-10(2)18-15-14(13-8-5-9-19-13)16-11-6-3-4-7-12(11)17-15;1-6(2)7(3,4)5;1-5(2)7-10(8,9)6-3-4-6/h3-10H,1-2H3;6H,1-5H3;5-7H,3-4H2,1-2H3. The number of sulfonamides is 1. The molecule has 200 valence electrons. The number of nitrogens with zero attached hydrogens (tertiary/aromatic N) is 2. The van der Waals surface area contributed by atoms with Gasteiger partial charge in [-0.25, -0.2) is 23.1 Å². The molecule has 1 aliphatic carbocycles. The maximum Gasteiger partial charge on any atom is 0.242 e. The first kappa shape index (κ1) is 30.2. The molecule has 1 fully saturated rings. The van der Waals surface area contributed by atoms with Crippen LogP contribution in [0.2, 0.25) is 0 Å². The van der Waals surface area contributed by atoms with E-state index in [0.717, 1.165) is 40.4 Å². The lowest BCUT2D eigenvalue weighted by Gasteiger charge is -2.22. The van der Waals surface area contributed by atoms with Gasteiger partial charge in [0.2, 0.25) is 15.9 Å². The lowest BCUT2D eigenvalue weighted by atomic mass is 9.84. The van der Waals surface area contributed by atoms with Gasteiger partial charge in [0, 0.05) is 6.04 Å². The second kappa shape index (κ2) is 13.0. The fourth-order valence-electron chi connectivity index (χ4n) is 2.67. The van der Waals surface area contributed by atoms with Crippen molar-refractivity contribution < 1.29 is 13.2 Å². The third-order valence-corrected chi connectivity index (χ3v) is 8.76. The Balaban J connectivity index is 0.000000225. The minimum atomic E-state index is -2.94. The van der Waals surface area contributed by atoms with Crippen LogP contribution in [0.4, 0.5) is 0 Å². The Bertz CT molecular complexity index is 1180. The van der Waals surface area contributed by atoms with Crippen LogP contribution in [0.15, 0.2) is 41.8 Å². The highest BCUT2D eigenvalue weighted by molar-refractivity contribution is 7.90. The van der Waals surface area contributed by atoms with Crippen molar-refractivity contribution in [1.29, 1.82) is 0 Å². The van der Waals surface area contributed by atoms with Crippen molar-refractivity contribution in [2.75, 3.05) is 0 Å². The van der Waals surface area contributed by atoms with E-state index in [-0.39, 0.29) is 17.4 Å². The van der Waals surface area contributed by atoms with Gasteiger partial charge >= 0.3 is 0 Å². The second-order valence-electron chi connectivity index (χ2n) is 11.0. The number of hydrogen-bond donors (Lipinski definition) is 1. The lowest BCUT2D eigenvalue weighted by Crippen LogP contribution is -2.32. The van der Waals surface area contributed by atoms with Gasteiger partial charge in [-0.2, -0.15) is 0 Å². The van der Waals surface area contributed by atoms with Crippen LogP contribution in [0.5, 0.6) is 5.88 Å². The fraction of sp³-hybridized carbons (Fsp3) is 0.571. The molecule has 0 radical (unpaired) electrons. The molecule has 0 unspecified atom stereocenters. The van der Waals surface area contributed by atoms with Crippen LogP contribution < -0.4 is 9.46 Å². The molecule has 0 saturated heterocycles. The topological polar surface area (TPSA) is 81.2 Å². The first-order valence-electron chi connectivity index (χ1n) is 12.7. The molecule has 0 bridgehead atoms. The van der Waals surface area contributed by atoms with Crippen LogP contribution in [0.3, 0.4) is 0 Å². The molecule has 2 aromatic heterocycles. The summed E-state index contributed by atoms with van der Waals surface area (Å²) in [6, 6.07) is 11.9. The highest BCUT2D eigenvalue weighted by Crippen LogP contribution is 2.32. The summed E-state index contributed by atoms with van der Waals surface area (Å²) in [5.41, 5.74) is 3.07. The summed E-state index contributed by atoms with van der Waals surface area (Å²) in [7, 11) is -2.94. The Morgan fingerprint density at radius 1 is 0.944 bits per heavy atom. The first-order chi connectivity index (χ1) is 16.7. The Morgan fingerprint density at radius 2 is 1.50 bits per heavy atom. The lowest BCUT2D eigenvalue weighted by molar-refractivity contribution is 0.234. The molecule has 8 heteroatoms. The fourth-order valence-corrected chi connectivity index (χ4v) is 4.98. The largest absolute Gasteiger partial charge is 0.473 e. The van der Waals surface area contributed by atoms with Crippen LogP contribution in [0, 0.1) is 11.3 Å². The van der Waals surface area contributed by atoms with Gasteiger partial charge in [-0.15, -0.1) is 11.3 Å². The molecule has 1 aromatic carbocycles. The van der Waals surface area contributed by atoms with Crippen LogP contribution in [0.25, 0.3) is 21.6 Å². The van der Waals surface area contributed by atoms with Crippen molar-refractivity contribution in [3.05, 3.63) is 41.8 Å². The number of aromatic nitrogens is 2. The minimum Gasteiger partial charge on any atom is -0.473 e. The van der Waals surface area contributed by atoms with E-state index in [4.69, 9.17) is 9.72 Å². The third kappa shape index (κ3) is 9.79. The third-order valence-electron chi connectivity index (χ3n) is 5.74. The molecule has 0 spiro atoms. The Kier molecular flexibility index (Phi) is 10.9. The summed E-state index contributed by atoms with van der Waals surface area (Å²) >= 11 is 1.64. The summed E-state index contributed by atoms with van der Waals surface area (Å²) in [5, 5.41) is 1.95. The van der Waals surface area contributed by atoms with Crippen LogP contribution in [0.1, 0.15) is 75.2 Å². The maximum atomic E-state index is 11.1. The second-order valence-corrected chi connectivity index (χ2v) is 14.0. The zero-order valence-corrected chi connectivity index (χ0v) is 24.8. The zero-order valence-electron chi connectivity index (χ0n) is 23.2. The number of nitrogens with one attached hydrogen (secondary N) is 1. The molecule has 6 nitrogen and oxygen atoms in total. The van der Waals surface area contributed by atoms with E-state index >= 15 is 0 Å². The van der Waals surface area contributed by atoms with E-state index in [2.05, 4.69) is 44.3 Å². The van der Waals surface area contributed by atoms with E-state index in [1.54, 1.807) is 11.3 Å².